The summed E-state index contributed by atoms with van der Waals surface area (Å²) >= 11 is 11.8. The van der Waals surface area contributed by atoms with Crippen LogP contribution in [0.15, 0.2) is 12.1 Å². The van der Waals surface area contributed by atoms with Crippen LogP contribution in [0.5, 0.6) is 0 Å². The monoisotopic (exact) mass is 333 g/mol. The first-order valence-corrected chi connectivity index (χ1v) is 7.12. The third-order valence-corrected chi connectivity index (χ3v) is 2.81. The van der Waals surface area contributed by atoms with Gasteiger partial charge in [0, 0.05) is 0 Å². The quantitative estimate of drug-likeness (QED) is 0.480. The van der Waals surface area contributed by atoms with Crippen molar-refractivity contribution in [2.75, 3.05) is 6.61 Å². The molecule has 0 aliphatic heterocycles. The van der Waals surface area contributed by atoms with Gasteiger partial charge in [0.25, 0.3) is 0 Å². The zero-order chi connectivity index (χ0) is 16.2. The van der Waals surface area contributed by atoms with Gasteiger partial charge in [0.2, 0.25) is 0 Å². The van der Waals surface area contributed by atoms with Gasteiger partial charge in [-0.15, -0.1) is 0 Å². The van der Waals surface area contributed by atoms with Gasteiger partial charge in [-0.3, -0.25) is 9.59 Å². The molecular weight excluding hydrogens is 317 g/mol. The summed E-state index contributed by atoms with van der Waals surface area (Å²) in [5.74, 6) is -2.92. The lowest BCUT2D eigenvalue weighted by Gasteiger charge is -2.23. The largest absolute Gasteiger partial charge is 0.465 e. The fraction of sp³-hybridized carbons (Fsp3) is 0.500. The predicted octanol–water partition coefficient (Wildman–Crippen LogP) is 3.38. The summed E-state index contributed by atoms with van der Waals surface area (Å²) < 4.78 is 10.1. The van der Waals surface area contributed by atoms with Crippen LogP contribution in [0, 0.1) is 0 Å². The van der Waals surface area contributed by atoms with Crippen LogP contribution < -0.4 is 0 Å². The highest BCUT2D eigenvalue weighted by Gasteiger charge is 2.37. The lowest BCUT2D eigenvalue weighted by Crippen LogP contribution is -2.33. The van der Waals surface area contributed by atoms with Crippen molar-refractivity contribution in [3.63, 3.8) is 0 Å². The predicted molar refractivity (Wildman–Crippen MR) is 79.5 cm³/mol. The first-order chi connectivity index (χ1) is 9.65. The molecule has 116 valence electrons. The van der Waals surface area contributed by atoms with Crippen molar-refractivity contribution < 1.29 is 19.1 Å². The number of aromatic nitrogens is 1. The minimum Gasteiger partial charge on any atom is -0.465 e. The van der Waals surface area contributed by atoms with Crippen molar-refractivity contribution in [3.05, 3.63) is 28.0 Å². The summed E-state index contributed by atoms with van der Waals surface area (Å²) in [7, 11) is 0. The number of esters is 2. The highest BCUT2D eigenvalue weighted by molar-refractivity contribution is 6.33. The Bertz CT molecular complexity index is 540. The Morgan fingerprint density at radius 1 is 1.24 bits per heavy atom. The van der Waals surface area contributed by atoms with Crippen LogP contribution in [0.1, 0.15) is 39.3 Å². The number of hydrogen-bond acceptors (Lipinski definition) is 5. The summed E-state index contributed by atoms with van der Waals surface area (Å²) in [5, 5.41) is 0.260. The maximum Gasteiger partial charge on any atom is 0.327 e. The van der Waals surface area contributed by atoms with E-state index in [1.165, 1.54) is 12.1 Å². The van der Waals surface area contributed by atoms with E-state index in [9.17, 15) is 9.59 Å². The molecule has 0 aromatic carbocycles. The summed E-state index contributed by atoms with van der Waals surface area (Å²) in [4.78, 5) is 28.3. The normalized spacial score (nSPS) is 12.7. The molecule has 0 saturated carbocycles. The molecular formula is C14H17Cl2NO4. The second-order valence-electron chi connectivity index (χ2n) is 5.22. The topological polar surface area (TPSA) is 65.5 Å². The van der Waals surface area contributed by atoms with Crippen LogP contribution in [0.2, 0.25) is 10.2 Å². The Balaban J connectivity index is 3.22. The molecule has 0 radical (unpaired) electrons. The third-order valence-electron chi connectivity index (χ3n) is 2.28. The third kappa shape index (κ3) is 5.17. The molecule has 0 spiro atoms. The van der Waals surface area contributed by atoms with Gasteiger partial charge in [0.1, 0.15) is 10.8 Å². The molecule has 1 atom stereocenters. The van der Waals surface area contributed by atoms with Gasteiger partial charge in [-0.1, -0.05) is 23.2 Å². The Kier molecular flexibility index (Phi) is 5.98. The van der Waals surface area contributed by atoms with E-state index in [4.69, 9.17) is 32.7 Å². The maximum atomic E-state index is 12.3. The van der Waals surface area contributed by atoms with Gasteiger partial charge in [0.15, 0.2) is 5.92 Å². The van der Waals surface area contributed by atoms with Crippen LogP contribution in [0.4, 0.5) is 0 Å². The van der Waals surface area contributed by atoms with E-state index >= 15 is 0 Å². The minimum absolute atomic E-state index is 0.0249. The lowest BCUT2D eigenvalue weighted by atomic mass is 10.0. The van der Waals surface area contributed by atoms with E-state index in [1.54, 1.807) is 27.7 Å². The van der Waals surface area contributed by atoms with Crippen molar-refractivity contribution in [3.8, 4) is 0 Å². The molecule has 0 fully saturated rings. The number of ether oxygens (including phenoxy) is 2. The summed E-state index contributed by atoms with van der Waals surface area (Å²) in [6.07, 6.45) is 0. The summed E-state index contributed by atoms with van der Waals surface area (Å²) in [5.41, 5.74) is -0.732. The molecule has 0 aliphatic carbocycles. The molecule has 1 aromatic rings. The van der Waals surface area contributed by atoms with Crippen LogP contribution in [-0.2, 0) is 19.1 Å². The molecule has 1 heterocycles. The molecule has 7 heteroatoms. The summed E-state index contributed by atoms with van der Waals surface area (Å²) in [6.45, 7) is 6.84. The zero-order valence-corrected chi connectivity index (χ0v) is 13.8. The van der Waals surface area contributed by atoms with Crippen molar-refractivity contribution in [2.24, 2.45) is 0 Å². The summed E-state index contributed by atoms with van der Waals surface area (Å²) in [6, 6.07) is 2.92. The molecule has 0 saturated heterocycles. The van der Waals surface area contributed by atoms with E-state index in [0.717, 1.165) is 0 Å². The van der Waals surface area contributed by atoms with Gasteiger partial charge >= 0.3 is 11.9 Å². The molecule has 0 amide bonds. The average Bonchev–Trinajstić information content (AvgIpc) is 2.32. The van der Waals surface area contributed by atoms with Crippen LogP contribution in [0.25, 0.3) is 0 Å². The first-order valence-electron chi connectivity index (χ1n) is 6.37. The van der Waals surface area contributed by atoms with Gasteiger partial charge in [-0.2, -0.15) is 0 Å². The van der Waals surface area contributed by atoms with Gasteiger partial charge in [-0.25, -0.2) is 4.98 Å². The Morgan fingerprint density at radius 3 is 2.38 bits per heavy atom. The van der Waals surface area contributed by atoms with E-state index in [0.29, 0.717) is 0 Å². The Hall–Kier alpha value is -1.33. The highest BCUT2D eigenvalue weighted by Crippen LogP contribution is 2.28. The first kappa shape index (κ1) is 17.7. The molecule has 1 aromatic heterocycles. The molecule has 0 bridgehead atoms. The van der Waals surface area contributed by atoms with Crippen molar-refractivity contribution in [2.45, 2.75) is 39.2 Å². The van der Waals surface area contributed by atoms with E-state index in [2.05, 4.69) is 4.98 Å². The van der Waals surface area contributed by atoms with E-state index in [-0.39, 0.29) is 22.5 Å². The van der Waals surface area contributed by atoms with Crippen molar-refractivity contribution in [1.29, 1.82) is 0 Å². The average molecular weight is 334 g/mol. The van der Waals surface area contributed by atoms with Gasteiger partial charge in [-0.05, 0) is 39.8 Å². The number of halogens is 2. The van der Waals surface area contributed by atoms with Crippen LogP contribution in [0.3, 0.4) is 0 Å². The zero-order valence-electron chi connectivity index (χ0n) is 12.3. The number of hydrogen-bond donors (Lipinski definition) is 0. The molecule has 1 unspecified atom stereocenters. The van der Waals surface area contributed by atoms with Crippen LogP contribution >= 0.6 is 23.2 Å². The second kappa shape index (κ2) is 7.09. The highest BCUT2D eigenvalue weighted by atomic mass is 35.5. The number of pyridine rings is 1. The standard InChI is InChI=1S/C14H17Cl2NO4/c1-5-20-12(18)10(13(19)21-14(2,3)4)11-8(15)6-7-9(16)17-11/h6-7,10H,5H2,1-4H3. The Labute approximate surface area is 133 Å². The molecule has 0 aliphatic rings. The van der Waals surface area contributed by atoms with Crippen molar-refractivity contribution >= 4 is 35.1 Å². The van der Waals surface area contributed by atoms with Gasteiger partial charge < -0.3 is 9.47 Å². The molecule has 5 nitrogen and oxygen atoms in total. The molecule has 0 N–H and O–H groups in total. The SMILES string of the molecule is CCOC(=O)C(C(=O)OC(C)(C)C)c1nc(Cl)ccc1Cl. The van der Waals surface area contributed by atoms with E-state index in [1.807, 2.05) is 0 Å². The second-order valence-corrected chi connectivity index (χ2v) is 6.01. The fourth-order valence-corrected chi connectivity index (χ4v) is 1.91. The number of carbonyl (C=O) groups is 2. The molecule has 21 heavy (non-hydrogen) atoms. The number of rotatable bonds is 4. The van der Waals surface area contributed by atoms with Crippen LogP contribution in [-0.4, -0.2) is 29.1 Å². The molecule has 1 rings (SSSR count). The minimum atomic E-state index is -1.37. The smallest absolute Gasteiger partial charge is 0.327 e. The number of nitrogens with zero attached hydrogens (tertiary/aromatic N) is 1. The maximum absolute atomic E-state index is 12.3. The lowest BCUT2D eigenvalue weighted by molar-refractivity contribution is -0.164. The Morgan fingerprint density at radius 2 is 1.86 bits per heavy atom. The fourth-order valence-electron chi connectivity index (χ4n) is 1.54. The van der Waals surface area contributed by atoms with Crippen molar-refractivity contribution in [1.82, 2.24) is 4.98 Å². The number of carbonyl (C=O) groups excluding carboxylic acids is 2. The van der Waals surface area contributed by atoms with Gasteiger partial charge in [0.05, 0.1) is 17.3 Å². The van der Waals surface area contributed by atoms with E-state index < -0.39 is 23.5 Å².